The van der Waals surface area contributed by atoms with Gasteiger partial charge in [0.2, 0.25) is 0 Å². The summed E-state index contributed by atoms with van der Waals surface area (Å²) in [4.78, 5) is 25.5. The van der Waals surface area contributed by atoms with E-state index in [0.29, 0.717) is 16.1 Å². The van der Waals surface area contributed by atoms with Crippen LogP contribution in [0.15, 0.2) is 78.9 Å². The van der Waals surface area contributed by atoms with E-state index in [1.165, 1.54) is 0 Å². The van der Waals surface area contributed by atoms with Gasteiger partial charge in [0.15, 0.2) is 5.78 Å². The van der Waals surface area contributed by atoms with Crippen LogP contribution < -0.4 is 0 Å². The molecule has 0 fully saturated rings. The minimum absolute atomic E-state index is 0. The fraction of sp³-hybridized carbons (Fsp3) is 0.167. The number of hydrazine groups is 1. The average molecular weight is 512 g/mol. The summed E-state index contributed by atoms with van der Waals surface area (Å²) >= 11 is 18.5. The van der Waals surface area contributed by atoms with Gasteiger partial charge >= 0.3 is 0 Å². The van der Waals surface area contributed by atoms with Crippen LogP contribution in [0.3, 0.4) is 0 Å². The highest BCUT2D eigenvalue weighted by Crippen LogP contribution is 2.29. The lowest BCUT2D eigenvalue weighted by molar-refractivity contribution is 0.0374. The summed E-state index contributed by atoms with van der Waals surface area (Å²) in [5.41, 5.74) is 1.98. The summed E-state index contributed by atoms with van der Waals surface area (Å²) in [5, 5.41) is 0.547. The fourth-order valence-corrected chi connectivity index (χ4v) is 3.61. The molecule has 0 spiro atoms. The number of hydrogen-bond donors (Lipinski definition) is 0. The van der Waals surface area contributed by atoms with Crippen molar-refractivity contribution in [3.8, 4) is 11.1 Å². The molecule has 0 atom stereocenters. The van der Waals surface area contributed by atoms with E-state index in [9.17, 15) is 9.59 Å². The molecule has 0 aliphatic heterocycles. The van der Waals surface area contributed by atoms with Crippen LogP contribution in [0.1, 0.15) is 41.0 Å². The second kappa shape index (κ2) is 11.2. The molecule has 8 heteroatoms. The molecule has 3 aromatic carbocycles. The van der Waals surface area contributed by atoms with E-state index >= 15 is 0 Å². The third-order valence-electron chi connectivity index (χ3n) is 4.82. The van der Waals surface area contributed by atoms with Crippen LogP contribution in [0.4, 0.5) is 0 Å². The first-order chi connectivity index (χ1) is 14.7. The van der Waals surface area contributed by atoms with Gasteiger partial charge in [-0.3, -0.25) is 9.59 Å². The van der Waals surface area contributed by atoms with Crippen molar-refractivity contribution in [2.45, 2.75) is 25.8 Å². The van der Waals surface area contributed by atoms with Crippen molar-refractivity contribution in [2.75, 3.05) is 0 Å². The van der Waals surface area contributed by atoms with Gasteiger partial charge in [-0.15, -0.1) is 16.9 Å². The molecular weight excluding hydrogens is 490 g/mol. The number of carbonyl (C=O) groups excluding carboxylic acids is 2. The molecule has 168 valence electrons. The molecule has 0 aliphatic carbocycles. The number of Topliss-reactive ketones (excluding diaryl/α,β-unsaturated/α-hetero) is 1. The number of hydrogen-bond acceptors (Lipinski definition) is 3. The zero-order valence-corrected chi connectivity index (χ0v) is 20.6. The highest BCUT2D eigenvalue weighted by Gasteiger charge is 2.35. The SMILES string of the molecule is CC(C)(CC(=O)c1ccc(Cl)cc1)N(Cl)N(Cl)C(=O)c1ccc(-c2ccccc2)cc1.Cl. The zero-order chi connectivity index (χ0) is 22.6. The first-order valence-electron chi connectivity index (χ1n) is 9.59. The Bertz CT molecular complexity index is 1060. The van der Waals surface area contributed by atoms with Gasteiger partial charge in [0, 0.05) is 46.1 Å². The van der Waals surface area contributed by atoms with Gasteiger partial charge in [0.05, 0.1) is 5.54 Å². The molecule has 0 radical (unpaired) electrons. The number of halogens is 4. The van der Waals surface area contributed by atoms with E-state index in [4.69, 9.17) is 35.2 Å². The van der Waals surface area contributed by atoms with E-state index in [1.54, 1.807) is 50.2 Å². The number of ketones is 1. The van der Waals surface area contributed by atoms with Gasteiger partial charge in [-0.2, -0.15) is 4.53 Å². The van der Waals surface area contributed by atoms with Crippen molar-refractivity contribution in [1.29, 1.82) is 0 Å². The zero-order valence-electron chi connectivity index (χ0n) is 17.5. The third kappa shape index (κ3) is 6.25. The van der Waals surface area contributed by atoms with Crippen molar-refractivity contribution >= 4 is 59.3 Å². The van der Waals surface area contributed by atoms with E-state index in [-0.39, 0.29) is 24.6 Å². The molecule has 0 aromatic heterocycles. The summed E-state index contributed by atoms with van der Waals surface area (Å²) in [6.07, 6.45) is 0.0432. The fourth-order valence-electron chi connectivity index (χ4n) is 3.06. The lowest BCUT2D eigenvalue weighted by Crippen LogP contribution is -2.48. The van der Waals surface area contributed by atoms with Crippen molar-refractivity contribution in [3.05, 3.63) is 95.0 Å². The topological polar surface area (TPSA) is 40.6 Å². The lowest BCUT2D eigenvalue weighted by atomic mass is 9.95. The Kier molecular flexibility index (Phi) is 9.14. The Hall–Kier alpha value is -2.08. The van der Waals surface area contributed by atoms with Crippen molar-refractivity contribution in [3.63, 3.8) is 0 Å². The first kappa shape index (κ1) is 26.2. The minimum atomic E-state index is -0.931. The normalized spacial score (nSPS) is 11.1. The molecule has 3 rings (SSSR count). The maximum absolute atomic E-state index is 12.8. The van der Waals surface area contributed by atoms with Crippen LogP contribution in [-0.4, -0.2) is 26.3 Å². The summed E-state index contributed by atoms with van der Waals surface area (Å²) in [6, 6.07) is 23.5. The Balaban J connectivity index is 0.00000363. The van der Waals surface area contributed by atoms with Crippen LogP contribution >= 0.6 is 47.6 Å². The summed E-state index contributed by atoms with van der Waals surface area (Å²) in [6.45, 7) is 3.46. The van der Waals surface area contributed by atoms with Crippen LogP contribution in [0.5, 0.6) is 0 Å². The molecule has 0 unspecified atom stereocenters. The molecule has 0 bridgehead atoms. The monoisotopic (exact) mass is 510 g/mol. The molecule has 0 saturated carbocycles. The van der Waals surface area contributed by atoms with Gasteiger partial charge in [-0.1, -0.05) is 54.1 Å². The summed E-state index contributed by atoms with van der Waals surface area (Å²) in [7, 11) is 0. The van der Waals surface area contributed by atoms with Gasteiger partial charge in [0.1, 0.15) is 0 Å². The number of benzene rings is 3. The molecule has 0 N–H and O–H groups in total. The number of carbonyl (C=O) groups is 2. The Morgan fingerprint density at radius 1 is 0.781 bits per heavy atom. The van der Waals surface area contributed by atoms with Crippen molar-refractivity contribution in [2.24, 2.45) is 0 Å². The summed E-state index contributed by atoms with van der Waals surface area (Å²) < 4.78 is 1.85. The second-order valence-electron chi connectivity index (χ2n) is 7.69. The van der Waals surface area contributed by atoms with Gasteiger partial charge in [0.25, 0.3) is 5.91 Å². The van der Waals surface area contributed by atoms with Crippen LogP contribution in [0, 0.1) is 0 Å². The summed E-state index contributed by atoms with van der Waals surface area (Å²) in [5.74, 6) is -0.639. The van der Waals surface area contributed by atoms with Crippen LogP contribution in [-0.2, 0) is 0 Å². The van der Waals surface area contributed by atoms with E-state index in [1.807, 2.05) is 42.5 Å². The standard InChI is InChI=1S/C24H21Cl3N2O2.ClH/c1-24(2,16-22(30)19-12-14-21(25)15-13-19)29(27)28(26)23(31)20-10-8-18(9-11-20)17-6-4-3-5-7-17;/h3-15H,16H2,1-2H3;1H. The highest BCUT2D eigenvalue weighted by atomic mass is 35.5. The van der Waals surface area contributed by atoms with E-state index in [0.717, 1.165) is 20.2 Å². The van der Waals surface area contributed by atoms with Gasteiger partial charge in [-0.25, -0.2) is 0 Å². The van der Waals surface area contributed by atoms with Crippen LogP contribution in [0.2, 0.25) is 5.02 Å². The smallest absolute Gasteiger partial charge is 0.284 e. The maximum Gasteiger partial charge on any atom is 0.284 e. The quantitative estimate of drug-likeness (QED) is 0.188. The minimum Gasteiger partial charge on any atom is -0.294 e. The highest BCUT2D eigenvalue weighted by molar-refractivity contribution is 6.30. The molecular formula is C24H22Cl4N2O2. The van der Waals surface area contributed by atoms with Crippen LogP contribution in [0.25, 0.3) is 11.1 Å². The Morgan fingerprint density at radius 3 is 1.84 bits per heavy atom. The molecule has 0 saturated heterocycles. The van der Waals surface area contributed by atoms with Crippen molar-refractivity contribution < 1.29 is 9.59 Å². The molecule has 0 aliphatic rings. The number of nitrogens with zero attached hydrogens (tertiary/aromatic N) is 2. The van der Waals surface area contributed by atoms with Crippen molar-refractivity contribution in [1.82, 2.24) is 9.06 Å². The Morgan fingerprint density at radius 2 is 1.28 bits per heavy atom. The molecule has 3 aromatic rings. The van der Waals surface area contributed by atoms with Gasteiger partial charge < -0.3 is 0 Å². The first-order valence-corrected chi connectivity index (χ1v) is 10.6. The number of rotatable bonds is 7. The average Bonchev–Trinajstić information content (AvgIpc) is 2.78. The molecule has 4 nitrogen and oxygen atoms in total. The predicted octanol–water partition coefficient (Wildman–Crippen LogP) is 7.45. The van der Waals surface area contributed by atoms with Gasteiger partial charge in [-0.05, 0) is 61.4 Å². The lowest BCUT2D eigenvalue weighted by Gasteiger charge is -2.35. The molecule has 0 heterocycles. The number of amides is 1. The largest absolute Gasteiger partial charge is 0.294 e. The molecule has 32 heavy (non-hydrogen) atoms. The second-order valence-corrected chi connectivity index (χ2v) is 8.76. The predicted molar refractivity (Wildman–Crippen MR) is 133 cm³/mol. The van der Waals surface area contributed by atoms with E-state index in [2.05, 4.69) is 0 Å². The molecule has 1 amide bonds. The Labute approximate surface area is 209 Å². The third-order valence-corrected chi connectivity index (χ3v) is 6.06. The maximum atomic E-state index is 12.8. The van der Waals surface area contributed by atoms with E-state index < -0.39 is 11.4 Å².